The molecular weight excluding hydrogens is 612 g/mol. The first-order valence-corrected chi connectivity index (χ1v) is 17.4. The quantitative estimate of drug-likeness (QED) is 0.131. The van der Waals surface area contributed by atoms with Gasteiger partial charge in [0, 0.05) is 30.6 Å². The van der Waals surface area contributed by atoms with Crippen LogP contribution in [0.4, 0.5) is 0 Å². The molecule has 49 heavy (non-hydrogen) atoms. The summed E-state index contributed by atoms with van der Waals surface area (Å²) >= 11 is 0. The summed E-state index contributed by atoms with van der Waals surface area (Å²) in [6.45, 7) is 8.08. The maximum absolute atomic E-state index is 13.0. The molecule has 4 atom stereocenters. The molecule has 252 valence electrons. The van der Waals surface area contributed by atoms with Crippen LogP contribution in [0.5, 0.6) is 0 Å². The van der Waals surface area contributed by atoms with Crippen molar-refractivity contribution >= 4 is 11.8 Å². The van der Waals surface area contributed by atoms with Gasteiger partial charge in [-0.15, -0.1) is 6.58 Å². The van der Waals surface area contributed by atoms with Crippen LogP contribution in [0.25, 0.3) is 11.1 Å². The second kappa shape index (κ2) is 14.6. The van der Waals surface area contributed by atoms with Crippen molar-refractivity contribution in [2.24, 2.45) is 5.92 Å². The lowest BCUT2D eigenvalue weighted by atomic mass is 9.89. The molecule has 2 amide bonds. The minimum atomic E-state index is -0.584. The highest BCUT2D eigenvalue weighted by atomic mass is 16.7. The highest BCUT2D eigenvalue weighted by Crippen LogP contribution is 2.43. The minimum Gasteiger partial charge on any atom is -0.392 e. The fourth-order valence-electron chi connectivity index (χ4n) is 7.65. The summed E-state index contributed by atoms with van der Waals surface area (Å²) in [7, 11) is 0. The third-order valence-corrected chi connectivity index (χ3v) is 10.4. The maximum atomic E-state index is 13.0. The van der Waals surface area contributed by atoms with Gasteiger partial charge in [0.15, 0.2) is 6.29 Å². The molecule has 7 nitrogen and oxygen atoms in total. The zero-order chi connectivity index (χ0) is 33.9. The van der Waals surface area contributed by atoms with Gasteiger partial charge in [-0.05, 0) is 64.9 Å². The first kappa shape index (κ1) is 33.1. The molecule has 0 radical (unpaired) electrons. The molecule has 3 aliphatic rings. The van der Waals surface area contributed by atoms with Gasteiger partial charge in [0.25, 0.3) is 11.8 Å². The summed E-state index contributed by atoms with van der Waals surface area (Å²) in [4.78, 5) is 29.9. The predicted molar refractivity (Wildman–Crippen MR) is 190 cm³/mol. The highest BCUT2D eigenvalue weighted by molar-refractivity contribution is 6.21. The number of carbonyl (C=O) groups is 2. The molecule has 1 saturated heterocycles. The van der Waals surface area contributed by atoms with Gasteiger partial charge in [0.1, 0.15) is 0 Å². The molecule has 0 bridgehead atoms. The van der Waals surface area contributed by atoms with E-state index in [4.69, 9.17) is 9.47 Å². The topological polar surface area (TPSA) is 79.3 Å². The van der Waals surface area contributed by atoms with E-state index in [9.17, 15) is 14.7 Å². The monoisotopic (exact) mass is 656 g/mol. The fraction of sp³-hybridized carbons (Fsp3) is 0.333. The van der Waals surface area contributed by atoms with Crippen molar-refractivity contribution < 1.29 is 24.2 Å². The zero-order valence-electron chi connectivity index (χ0n) is 28.0. The second-order valence-corrected chi connectivity index (χ2v) is 13.6. The van der Waals surface area contributed by atoms with E-state index in [2.05, 4.69) is 42.7 Å². The molecule has 4 aromatic rings. The number of benzene rings is 4. The molecule has 2 fully saturated rings. The van der Waals surface area contributed by atoms with E-state index >= 15 is 0 Å². The van der Waals surface area contributed by atoms with Crippen LogP contribution in [0, 0.1) is 5.92 Å². The third-order valence-electron chi connectivity index (χ3n) is 10.4. The van der Waals surface area contributed by atoms with E-state index in [0.29, 0.717) is 17.2 Å². The van der Waals surface area contributed by atoms with Crippen LogP contribution in [0.1, 0.15) is 88.0 Å². The highest BCUT2D eigenvalue weighted by Gasteiger charge is 2.40. The van der Waals surface area contributed by atoms with Gasteiger partial charge in [0.2, 0.25) is 0 Å². The number of imide groups is 1. The average molecular weight is 657 g/mol. The van der Waals surface area contributed by atoms with E-state index in [1.165, 1.54) is 30.6 Å². The summed E-state index contributed by atoms with van der Waals surface area (Å²) in [5.74, 6) is -0.431. The van der Waals surface area contributed by atoms with E-state index in [-0.39, 0.29) is 43.1 Å². The van der Waals surface area contributed by atoms with Crippen LogP contribution in [0.3, 0.4) is 0 Å². The number of hydrogen-bond donors (Lipinski definition) is 1. The number of aliphatic hydroxyl groups excluding tert-OH is 1. The first-order chi connectivity index (χ1) is 23.9. The van der Waals surface area contributed by atoms with Crippen molar-refractivity contribution in [2.45, 2.75) is 70.3 Å². The van der Waals surface area contributed by atoms with Gasteiger partial charge in [-0.2, -0.15) is 0 Å². The Hall–Kier alpha value is -4.40. The molecular formula is C42H44N2O5. The Balaban J connectivity index is 1.15. The molecule has 1 saturated carbocycles. The molecule has 7 rings (SSSR count). The normalized spacial score (nSPS) is 22.6. The fourth-order valence-corrected chi connectivity index (χ4v) is 7.65. The molecule has 4 aromatic carbocycles. The number of hydrogen-bond acceptors (Lipinski definition) is 6. The zero-order valence-corrected chi connectivity index (χ0v) is 28.0. The average Bonchev–Trinajstić information content (AvgIpc) is 3.76. The minimum absolute atomic E-state index is 0.0000895. The summed E-state index contributed by atoms with van der Waals surface area (Å²) in [5.41, 5.74) is 6.61. The molecule has 0 spiro atoms. The molecule has 1 aliphatic carbocycles. The third kappa shape index (κ3) is 6.90. The van der Waals surface area contributed by atoms with Crippen molar-refractivity contribution in [1.29, 1.82) is 0 Å². The van der Waals surface area contributed by atoms with Crippen LogP contribution in [-0.4, -0.2) is 52.0 Å². The molecule has 0 aromatic heterocycles. The van der Waals surface area contributed by atoms with E-state index in [0.717, 1.165) is 46.5 Å². The number of fused-ring (bicyclic) bond motifs is 1. The Bertz CT molecular complexity index is 1780. The van der Waals surface area contributed by atoms with Crippen molar-refractivity contribution in [3.8, 4) is 11.1 Å². The Morgan fingerprint density at radius 2 is 1.49 bits per heavy atom. The van der Waals surface area contributed by atoms with Gasteiger partial charge in [-0.3, -0.25) is 19.4 Å². The number of rotatable bonds is 11. The molecule has 4 unspecified atom stereocenters. The predicted octanol–water partition coefficient (Wildman–Crippen LogP) is 7.86. The smallest absolute Gasteiger partial charge is 0.261 e. The summed E-state index contributed by atoms with van der Waals surface area (Å²) in [5, 5.41) is 9.65. The van der Waals surface area contributed by atoms with Crippen LogP contribution in [-0.2, 0) is 22.6 Å². The van der Waals surface area contributed by atoms with Crippen LogP contribution in [0.2, 0.25) is 0 Å². The van der Waals surface area contributed by atoms with Gasteiger partial charge in [-0.1, -0.05) is 98.6 Å². The molecule has 2 aliphatic heterocycles. The Morgan fingerprint density at radius 3 is 2.16 bits per heavy atom. The number of amides is 2. The largest absolute Gasteiger partial charge is 0.392 e. The van der Waals surface area contributed by atoms with Gasteiger partial charge in [0.05, 0.1) is 36.5 Å². The number of aliphatic hydroxyl groups is 1. The second-order valence-electron chi connectivity index (χ2n) is 13.6. The van der Waals surface area contributed by atoms with Gasteiger partial charge in [-0.25, -0.2) is 0 Å². The lowest BCUT2D eigenvalue weighted by Gasteiger charge is -2.43. The lowest BCUT2D eigenvalue weighted by Crippen LogP contribution is -2.47. The van der Waals surface area contributed by atoms with Crippen molar-refractivity contribution in [1.82, 2.24) is 9.80 Å². The Labute approximate surface area is 288 Å². The summed E-state index contributed by atoms with van der Waals surface area (Å²) in [6.07, 6.45) is 6.07. The standard InChI is InChI=1S/C42H44N2O5/c1-3-22-43(35-14-4-5-15-35)26-38-28(2)39(31-20-18-29(27-45)19-21-31)49-42(48-38)34-13-9-12-33(24-34)32-11-8-10-30(23-32)25-44-40(46)36-16-6-7-17-37(36)41(44)47/h3,6-13,16-21,23-24,28,35,38-39,42,45H,1,4-5,14-15,22,25-27H2,2H3. The Kier molecular flexibility index (Phi) is 9.87. The van der Waals surface area contributed by atoms with Gasteiger partial charge >= 0.3 is 0 Å². The van der Waals surface area contributed by atoms with Crippen molar-refractivity contribution in [2.75, 3.05) is 13.1 Å². The molecule has 7 heteroatoms. The number of nitrogens with zero attached hydrogens (tertiary/aromatic N) is 2. The van der Waals surface area contributed by atoms with Crippen molar-refractivity contribution in [3.05, 3.63) is 143 Å². The van der Waals surface area contributed by atoms with Crippen LogP contribution in [0.15, 0.2) is 110 Å². The van der Waals surface area contributed by atoms with Gasteiger partial charge < -0.3 is 14.6 Å². The SMILES string of the molecule is C=CCN(CC1OC(c2cccc(-c3cccc(CN4C(=O)c5ccccc5C4=O)c3)c2)OC(c2ccc(CO)cc2)C1C)C1CCCC1. The van der Waals surface area contributed by atoms with Crippen LogP contribution >= 0.6 is 0 Å². The first-order valence-electron chi connectivity index (χ1n) is 17.4. The lowest BCUT2D eigenvalue weighted by molar-refractivity contribution is -0.276. The van der Waals surface area contributed by atoms with E-state index in [1.807, 2.05) is 54.6 Å². The Morgan fingerprint density at radius 1 is 0.816 bits per heavy atom. The molecule has 1 N–H and O–H groups in total. The molecule has 2 heterocycles. The summed E-state index contributed by atoms with van der Waals surface area (Å²) in [6, 6.07) is 31.8. The van der Waals surface area contributed by atoms with Crippen molar-refractivity contribution in [3.63, 3.8) is 0 Å². The number of carbonyl (C=O) groups excluding carboxylic acids is 2. The number of ether oxygens (including phenoxy) is 2. The van der Waals surface area contributed by atoms with Crippen LogP contribution < -0.4 is 0 Å². The summed E-state index contributed by atoms with van der Waals surface area (Å²) < 4.78 is 13.6. The van der Waals surface area contributed by atoms with E-state index < -0.39 is 6.29 Å². The van der Waals surface area contributed by atoms with E-state index in [1.54, 1.807) is 24.3 Å². The maximum Gasteiger partial charge on any atom is 0.261 e.